The SMILES string of the molecule is NC(=O)NCCCC(NC(=O)CN(CCc1c[nH]c2ccccc12)C(=O)CN(CCc1c[nH]c2ccccc12)C(=O)CN(I)CCO)C(=O)NCCS. The van der Waals surface area contributed by atoms with Crippen molar-refractivity contribution in [3.63, 3.8) is 0 Å². The van der Waals surface area contributed by atoms with Crippen molar-refractivity contribution in [3.8, 4) is 0 Å². The first-order chi connectivity index (χ1) is 25.6. The fourth-order valence-electron chi connectivity index (χ4n) is 5.97. The molecule has 286 valence electrons. The number of para-hydroxylation sites is 2. The van der Waals surface area contributed by atoms with Crippen molar-refractivity contribution < 1.29 is 29.1 Å². The second-order valence-corrected chi connectivity index (χ2v) is 14.3. The third-order valence-corrected chi connectivity index (χ3v) is 9.75. The zero-order chi connectivity index (χ0) is 38.2. The molecule has 4 rings (SSSR count). The van der Waals surface area contributed by atoms with Crippen molar-refractivity contribution >= 4 is 87.0 Å². The Bertz CT molecular complexity index is 1830. The zero-order valence-electron chi connectivity index (χ0n) is 29.5. The van der Waals surface area contributed by atoms with Crippen LogP contribution in [0.3, 0.4) is 0 Å². The minimum absolute atomic E-state index is 0.0220. The number of halogens is 1. The molecule has 17 heteroatoms. The summed E-state index contributed by atoms with van der Waals surface area (Å²) in [5.74, 6) is -1.30. The van der Waals surface area contributed by atoms with E-state index in [0.29, 0.717) is 31.6 Å². The van der Waals surface area contributed by atoms with Crippen LogP contribution in [0, 0.1) is 0 Å². The Morgan fingerprint density at radius 1 is 0.792 bits per heavy atom. The first kappa shape index (κ1) is 41.4. The average molecular weight is 862 g/mol. The van der Waals surface area contributed by atoms with Crippen LogP contribution in [0.4, 0.5) is 4.79 Å². The predicted molar refractivity (Wildman–Crippen MR) is 215 cm³/mol. The number of nitrogens with two attached hydrogens (primary N) is 1. The first-order valence-electron chi connectivity index (χ1n) is 17.5. The number of amides is 6. The molecule has 0 saturated carbocycles. The van der Waals surface area contributed by atoms with Gasteiger partial charge in [-0.15, -0.1) is 0 Å². The molecule has 0 spiro atoms. The highest BCUT2D eigenvalue weighted by Gasteiger charge is 2.27. The van der Waals surface area contributed by atoms with Crippen LogP contribution in [0.15, 0.2) is 60.9 Å². The number of carbonyl (C=O) groups excluding carboxylic acids is 5. The lowest BCUT2D eigenvalue weighted by Crippen LogP contribution is -2.52. The molecule has 2 heterocycles. The molecule has 0 fully saturated rings. The van der Waals surface area contributed by atoms with Gasteiger partial charge in [0.25, 0.3) is 0 Å². The van der Waals surface area contributed by atoms with Crippen LogP contribution < -0.4 is 21.7 Å². The van der Waals surface area contributed by atoms with Gasteiger partial charge in [0, 0.05) is 95.5 Å². The highest BCUT2D eigenvalue weighted by Crippen LogP contribution is 2.20. The van der Waals surface area contributed by atoms with Crippen LogP contribution in [0.5, 0.6) is 0 Å². The Labute approximate surface area is 327 Å². The van der Waals surface area contributed by atoms with E-state index in [0.717, 1.165) is 32.9 Å². The Morgan fingerprint density at radius 3 is 1.92 bits per heavy atom. The number of urea groups is 1. The van der Waals surface area contributed by atoms with E-state index < -0.39 is 29.8 Å². The van der Waals surface area contributed by atoms with Gasteiger partial charge in [-0.1, -0.05) is 36.4 Å². The fourth-order valence-corrected chi connectivity index (χ4v) is 6.59. The summed E-state index contributed by atoms with van der Waals surface area (Å²) < 4.78 is 1.66. The molecular weight excluding hydrogens is 813 g/mol. The molecule has 2 aromatic heterocycles. The average Bonchev–Trinajstić information content (AvgIpc) is 3.75. The largest absolute Gasteiger partial charge is 0.395 e. The van der Waals surface area contributed by atoms with Crippen molar-refractivity contribution in [1.82, 2.24) is 38.8 Å². The highest BCUT2D eigenvalue weighted by atomic mass is 127. The summed E-state index contributed by atoms with van der Waals surface area (Å²) in [4.78, 5) is 74.9. The van der Waals surface area contributed by atoms with Crippen molar-refractivity contribution in [1.29, 1.82) is 0 Å². The van der Waals surface area contributed by atoms with Gasteiger partial charge in [0.1, 0.15) is 6.04 Å². The van der Waals surface area contributed by atoms with Crippen molar-refractivity contribution in [2.75, 3.05) is 64.7 Å². The van der Waals surface area contributed by atoms with Crippen molar-refractivity contribution in [3.05, 3.63) is 72.1 Å². The van der Waals surface area contributed by atoms with Crippen molar-refractivity contribution in [2.24, 2.45) is 5.73 Å². The van der Waals surface area contributed by atoms with Gasteiger partial charge in [-0.3, -0.25) is 19.2 Å². The summed E-state index contributed by atoms with van der Waals surface area (Å²) >= 11 is 6.12. The summed E-state index contributed by atoms with van der Waals surface area (Å²) in [5, 5.41) is 19.4. The maximum absolute atomic E-state index is 14.2. The summed E-state index contributed by atoms with van der Waals surface area (Å²) in [6.07, 6.45) is 5.26. The van der Waals surface area contributed by atoms with Crippen molar-refractivity contribution in [2.45, 2.75) is 31.7 Å². The number of aromatic amines is 2. The molecule has 0 aliphatic rings. The summed E-state index contributed by atoms with van der Waals surface area (Å²) in [7, 11) is 0. The van der Waals surface area contributed by atoms with E-state index in [2.05, 4.69) is 38.5 Å². The van der Waals surface area contributed by atoms with Gasteiger partial charge >= 0.3 is 6.03 Å². The summed E-state index contributed by atoms with van der Waals surface area (Å²) in [6, 6.07) is 14.0. The molecule has 6 amide bonds. The van der Waals surface area contributed by atoms with E-state index in [1.54, 1.807) is 3.11 Å². The van der Waals surface area contributed by atoms with E-state index in [1.807, 2.05) is 83.8 Å². The number of benzene rings is 2. The molecule has 0 aliphatic carbocycles. The van der Waals surface area contributed by atoms with Gasteiger partial charge in [-0.2, -0.15) is 12.6 Å². The number of H-pyrrole nitrogens is 2. The third kappa shape index (κ3) is 12.9. The number of fused-ring (bicyclic) bond motifs is 2. The van der Waals surface area contributed by atoms with E-state index in [1.165, 1.54) is 9.80 Å². The smallest absolute Gasteiger partial charge is 0.312 e. The number of hydrogen-bond acceptors (Lipinski definition) is 8. The first-order valence-corrected chi connectivity index (χ1v) is 19.1. The lowest BCUT2D eigenvalue weighted by molar-refractivity contribution is -0.142. The van der Waals surface area contributed by atoms with Crippen LogP contribution in [-0.2, 0) is 32.0 Å². The van der Waals surface area contributed by atoms with Gasteiger partial charge in [0.2, 0.25) is 23.6 Å². The molecule has 2 aromatic carbocycles. The molecular formula is C36H48IN9O6S. The minimum Gasteiger partial charge on any atom is -0.395 e. The molecule has 4 aromatic rings. The highest BCUT2D eigenvalue weighted by molar-refractivity contribution is 14.1. The quantitative estimate of drug-likeness (QED) is 0.0254. The van der Waals surface area contributed by atoms with Crippen LogP contribution >= 0.6 is 35.5 Å². The Balaban J connectivity index is 1.54. The number of rotatable bonds is 22. The van der Waals surface area contributed by atoms with Gasteiger partial charge in [0.15, 0.2) is 0 Å². The fraction of sp³-hybridized carbons (Fsp3) is 0.417. The molecule has 0 radical (unpaired) electrons. The topological polar surface area (TPSA) is 209 Å². The maximum Gasteiger partial charge on any atom is 0.312 e. The Kier molecular flexibility index (Phi) is 16.7. The minimum atomic E-state index is -0.932. The lowest BCUT2D eigenvalue weighted by atomic mass is 10.1. The van der Waals surface area contributed by atoms with E-state index in [-0.39, 0.29) is 64.7 Å². The van der Waals surface area contributed by atoms with Crippen LogP contribution in [-0.4, -0.2) is 128 Å². The molecule has 1 unspecified atom stereocenters. The number of primary amides is 1. The number of aliphatic hydroxyl groups excluding tert-OH is 1. The molecule has 0 aliphatic heterocycles. The molecule has 15 nitrogen and oxygen atoms in total. The number of thiol groups is 1. The molecule has 0 saturated heterocycles. The second-order valence-electron chi connectivity index (χ2n) is 12.5. The van der Waals surface area contributed by atoms with Gasteiger partial charge in [-0.05, 0) is 48.9 Å². The summed E-state index contributed by atoms with van der Waals surface area (Å²) in [5.41, 5.74) is 9.03. The molecule has 53 heavy (non-hydrogen) atoms. The number of nitrogens with zero attached hydrogens (tertiary/aromatic N) is 3. The van der Waals surface area contributed by atoms with Crippen LogP contribution in [0.1, 0.15) is 24.0 Å². The van der Waals surface area contributed by atoms with E-state index >= 15 is 0 Å². The van der Waals surface area contributed by atoms with E-state index in [4.69, 9.17) is 5.73 Å². The van der Waals surface area contributed by atoms with Gasteiger partial charge in [0.05, 0.1) is 26.2 Å². The van der Waals surface area contributed by atoms with Crippen LogP contribution in [0.25, 0.3) is 21.8 Å². The van der Waals surface area contributed by atoms with Gasteiger partial charge in [-0.25, -0.2) is 7.91 Å². The lowest BCUT2D eigenvalue weighted by Gasteiger charge is -2.29. The zero-order valence-corrected chi connectivity index (χ0v) is 32.5. The summed E-state index contributed by atoms with van der Waals surface area (Å²) in [6.45, 7) is 0.397. The number of hydrogen-bond donors (Lipinski definition) is 8. The molecule has 0 bridgehead atoms. The maximum atomic E-state index is 14.2. The second kappa shape index (κ2) is 21.4. The normalized spacial score (nSPS) is 11.8. The molecule has 1 atom stereocenters. The number of nitrogens with one attached hydrogen (secondary N) is 5. The monoisotopic (exact) mass is 861 g/mol. The van der Waals surface area contributed by atoms with E-state index in [9.17, 15) is 29.1 Å². The third-order valence-electron chi connectivity index (χ3n) is 8.70. The number of aromatic nitrogens is 2. The predicted octanol–water partition coefficient (Wildman–Crippen LogP) is 1.72. The standard InChI is InChI=1S/C36H48IN9O6S/c37-46(17-18-47)24-34(50)45(16-12-26-21-42-30-9-4-2-7-28(26)30)23-33(49)44(15-11-25-20-41-29-8-3-1-6-27(25)29)22-32(48)43-31(35(51)39-14-19-53)10-5-13-40-36(38)52/h1-4,6-9,20-21,31,41-42,47,53H,5,10-19,22-24H2,(H,39,51)(H,43,48)(H3,38,40,52). The Hall–Kier alpha value is -4.33. The van der Waals surface area contributed by atoms with Gasteiger partial charge < -0.3 is 46.6 Å². The Morgan fingerprint density at radius 2 is 1.36 bits per heavy atom. The number of carbonyl (C=O) groups is 5. The van der Waals surface area contributed by atoms with Crippen LogP contribution in [0.2, 0.25) is 0 Å². The molecule has 8 N–H and O–H groups in total. The number of aliphatic hydroxyl groups is 1.